The van der Waals surface area contributed by atoms with Gasteiger partial charge < -0.3 is 15.4 Å². The Balaban J connectivity index is 1.92. The molecule has 0 heterocycles. The van der Waals surface area contributed by atoms with E-state index in [4.69, 9.17) is 4.74 Å². The fourth-order valence-electron chi connectivity index (χ4n) is 2.81. The van der Waals surface area contributed by atoms with E-state index in [9.17, 15) is 22.6 Å². The molecule has 0 radical (unpaired) electrons. The van der Waals surface area contributed by atoms with E-state index < -0.39 is 22.1 Å². The average Bonchev–Trinajstić information content (AvgIpc) is 2.73. The number of benzene rings is 3. The van der Waals surface area contributed by atoms with Crippen LogP contribution in [-0.4, -0.2) is 25.0 Å². The normalized spacial score (nSPS) is 10.9. The summed E-state index contributed by atoms with van der Waals surface area (Å²) >= 11 is 0. The van der Waals surface area contributed by atoms with Crippen LogP contribution >= 0.6 is 0 Å². The number of carbonyl (C=O) groups excluding carboxylic acids is 2. The van der Waals surface area contributed by atoms with Crippen LogP contribution in [0.4, 0.5) is 16.2 Å². The number of nitrogens with one attached hydrogen (secondary N) is 2. The maximum atomic E-state index is 12.2. The van der Waals surface area contributed by atoms with Crippen LogP contribution in [0.3, 0.4) is 0 Å². The van der Waals surface area contributed by atoms with Crippen LogP contribution in [-0.2, 0) is 14.9 Å². The molecule has 0 aliphatic heterocycles. The van der Waals surface area contributed by atoms with Gasteiger partial charge in [0.1, 0.15) is 10.6 Å². The number of hydrogen-bond donors (Lipinski definition) is 3. The van der Waals surface area contributed by atoms with Gasteiger partial charge in [-0.25, -0.2) is 4.79 Å². The fourth-order valence-corrected chi connectivity index (χ4v) is 3.50. The first-order valence-electron chi connectivity index (χ1n) is 9.32. The van der Waals surface area contributed by atoms with Crippen molar-refractivity contribution in [3.63, 3.8) is 0 Å². The highest BCUT2D eigenvalue weighted by molar-refractivity contribution is 7.86. The molecular weight excluding hydrogens is 420 g/mol. The summed E-state index contributed by atoms with van der Waals surface area (Å²) in [4.78, 5) is 23.5. The summed E-state index contributed by atoms with van der Waals surface area (Å²) < 4.78 is 38.5. The molecule has 0 bridgehead atoms. The van der Waals surface area contributed by atoms with Gasteiger partial charge in [-0.1, -0.05) is 37.3 Å². The molecule has 0 aliphatic carbocycles. The first-order valence-corrected chi connectivity index (χ1v) is 10.8. The molecule has 31 heavy (non-hydrogen) atoms. The second-order valence-corrected chi connectivity index (χ2v) is 7.88. The number of carbonyl (C=O) groups is 2. The number of urea groups is 1. The molecule has 3 N–H and O–H groups in total. The Bertz CT molecular complexity index is 1210. The molecule has 8 nitrogen and oxygen atoms in total. The van der Waals surface area contributed by atoms with Crippen molar-refractivity contribution in [2.75, 3.05) is 10.6 Å². The number of para-hydroxylation sites is 1. The Morgan fingerprint density at radius 3 is 2.26 bits per heavy atom. The molecular formula is C22H20N2O6S. The van der Waals surface area contributed by atoms with Crippen LogP contribution < -0.4 is 15.4 Å². The van der Waals surface area contributed by atoms with E-state index in [-0.39, 0.29) is 22.6 Å². The third kappa shape index (κ3) is 5.91. The smallest absolute Gasteiger partial charge is 0.323 e. The third-order valence-corrected chi connectivity index (χ3v) is 5.12. The first kappa shape index (κ1) is 22.0. The summed E-state index contributed by atoms with van der Waals surface area (Å²) in [6, 6.07) is 18.6. The Hall–Kier alpha value is -3.69. The molecule has 0 saturated heterocycles. The van der Waals surface area contributed by atoms with Gasteiger partial charge in [0.15, 0.2) is 0 Å². The molecule has 0 atom stereocenters. The third-order valence-electron chi connectivity index (χ3n) is 4.21. The lowest BCUT2D eigenvalue weighted by Crippen LogP contribution is -2.19. The number of anilines is 2. The highest BCUT2D eigenvalue weighted by Gasteiger charge is 2.19. The van der Waals surface area contributed by atoms with Gasteiger partial charge in [0.25, 0.3) is 10.1 Å². The largest absolute Gasteiger partial charge is 0.427 e. The average molecular weight is 440 g/mol. The van der Waals surface area contributed by atoms with Crippen molar-refractivity contribution in [1.82, 2.24) is 0 Å². The Morgan fingerprint density at radius 1 is 0.903 bits per heavy atom. The Labute approximate surface area is 179 Å². The summed E-state index contributed by atoms with van der Waals surface area (Å²) in [7, 11) is -4.55. The van der Waals surface area contributed by atoms with Crippen molar-refractivity contribution < 1.29 is 27.3 Å². The molecule has 0 aromatic heterocycles. The number of amides is 2. The molecule has 0 spiro atoms. The van der Waals surface area contributed by atoms with Crippen molar-refractivity contribution in [2.45, 2.75) is 18.2 Å². The minimum atomic E-state index is -4.55. The molecule has 0 saturated carbocycles. The standard InChI is InChI=1S/C22H20N2O6S/c1-2-21(25)30-18-11-12-20(31(27,28)29)19(14-18)15-7-6-10-17(13-15)24-22(26)23-16-8-4-3-5-9-16/h3-14H,2H2,1H3,(H2,23,24,26)(H,27,28,29). The van der Waals surface area contributed by atoms with Gasteiger partial charge in [0.2, 0.25) is 0 Å². The molecule has 0 aliphatic rings. The van der Waals surface area contributed by atoms with Crippen molar-refractivity contribution in [3.05, 3.63) is 72.8 Å². The zero-order valence-corrected chi connectivity index (χ0v) is 17.3. The predicted molar refractivity (Wildman–Crippen MR) is 117 cm³/mol. The molecule has 3 aromatic carbocycles. The van der Waals surface area contributed by atoms with Gasteiger partial charge in [0.05, 0.1) is 0 Å². The van der Waals surface area contributed by atoms with E-state index in [1.54, 1.807) is 55.5 Å². The molecule has 9 heteroatoms. The van der Waals surface area contributed by atoms with Gasteiger partial charge >= 0.3 is 12.0 Å². The summed E-state index contributed by atoms with van der Waals surface area (Å²) in [6.45, 7) is 1.63. The van der Waals surface area contributed by atoms with Crippen molar-refractivity contribution in [2.24, 2.45) is 0 Å². The molecule has 160 valence electrons. The monoisotopic (exact) mass is 440 g/mol. The topological polar surface area (TPSA) is 122 Å². The van der Waals surface area contributed by atoms with Gasteiger partial charge in [-0.2, -0.15) is 8.42 Å². The van der Waals surface area contributed by atoms with Crippen LogP contribution in [0.25, 0.3) is 11.1 Å². The van der Waals surface area contributed by atoms with Crippen LogP contribution in [0.5, 0.6) is 5.75 Å². The van der Waals surface area contributed by atoms with E-state index in [1.807, 2.05) is 6.07 Å². The molecule has 2 amide bonds. The van der Waals surface area contributed by atoms with E-state index in [1.165, 1.54) is 12.1 Å². The number of ether oxygens (including phenoxy) is 1. The number of rotatable bonds is 6. The maximum absolute atomic E-state index is 12.2. The highest BCUT2D eigenvalue weighted by Crippen LogP contribution is 2.32. The van der Waals surface area contributed by atoms with Gasteiger partial charge in [0, 0.05) is 23.4 Å². The molecule has 0 fully saturated rings. The molecule has 3 rings (SSSR count). The van der Waals surface area contributed by atoms with Crippen LogP contribution in [0.2, 0.25) is 0 Å². The lowest BCUT2D eigenvalue weighted by molar-refractivity contribution is -0.134. The summed E-state index contributed by atoms with van der Waals surface area (Å²) in [5.41, 5.74) is 1.51. The summed E-state index contributed by atoms with van der Waals surface area (Å²) in [5.74, 6) is -0.354. The van der Waals surface area contributed by atoms with Crippen LogP contribution in [0.1, 0.15) is 13.3 Å². The van der Waals surface area contributed by atoms with E-state index >= 15 is 0 Å². The van der Waals surface area contributed by atoms with Gasteiger partial charge in [-0.3, -0.25) is 9.35 Å². The Kier molecular flexibility index (Phi) is 6.68. The van der Waals surface area contributed by atoms with Gasteiger partial charge in [-0.15, -0.1) is 0 Å². The lowest BCUT2D eigenvalue weighted by Gasteiger charge is -2.12. The van der Waals surface area contributed by atoms with Crippen LogP contribution in [0, 0.1) is 0 Å². The van der Waals surface area contributed by atoms with Crippen molar-refractivity contribution in [3.8, 4) is 16.9 Å². The molecule has 3 aromatic rings. The zero-order chi connectivity index (χ0) is 22.4. The first-order chi connectivity index (χ1) is 14.8. The second kappa shape index (κ2) is 9.41. The van der Waals surface area contributed by atoms with E-state index in [0.717, 1.165) is 6.07 Å². The fraction of sp³-hybridized carbons (Fsp3) is 0.0909. The minimum absolute atomic E-state index is 0.121. The molecule has 0 unspecified atom stereocenters. The van der Waals surface area contributed by atoms with Crippen LogP contribution in [0.15, 0.2) is 77.7 Å². The quantitative estimate of drug-likeness (QED) is 0.293. The lowest BCUT2D eigenvalue weighted by atomic mass is 10.0. The van der Waals surface area contributed by atoms with Gasteiger partial charge in [-0.05, 0) is 48.0 Å². The van der Waals surface area contributed by atoms with Crippen molar-refractivity contribution in [1.29, 1.82) is 0 Å². The summed E-state index contributed by atoms with van der Waals surface area (Å²) in [6.07, 6.45) is 0.144. The summed E-state index contributed by atoms with van der Waals surface area (Å²) in [5, 5.41) is 5.35. The van der Waals surface area contributed by atoms with E-state index in [2.05, 4.69) is 10.6 Å². The van der Waals surface area contributed by atoms with Crippen molar-refractivity contribution >= 4 is 33.5 Å². The zero-order valence-electron chi connectivity index (χ0n) is 16.5. The number of esters is 1. The highest BCUT2D eigenvalue weighted by atomic mass is 32.2. The van der Waals surface area contributed by atoms with E-state index in [0.29, 0.717) is 16.9 Å². The predicted octanol–water partition coefficient (Wildman–Crippen LogP) is 4.56. The second-order valence-electron chi connectivity index (χ2n) is 6.49. The SMILES string of the molecule is CCC(=O)Oc1ccc(S(=O)(=O)O)c(-c2cccc(NC(=O)Nc3ccccc3)c2)c1. The minimum Gasteiger partial charge on any atom is -0.427 e. The maximum Gasteiger partial charge on any atom is 0.323 e. The number of hydrogen-bond acceptors (Lipinski definition) is 5. The Morgan fingerprint density at radius 2 is 1.58 bits per heavy atom.